The molecular weight excluding hydrogens is 338 g/mol. The average molecular weight is 354 g/mol. The Kier molecular flexibility index (Phi) is 5.38. The van der Waals surface area contributed by atoms with Crippen molar-refractivity contribution in [3.05, 3.63) is 77.2 Å². The van der Waals surface area contributed by atoms with Gasteiger partial charge in [-0.25, -0.2) is 0 Å². The number of nitrogens with one attached hydrogen (secondary N) is 1. The van der Waals surface area contributed by atoms with Gasteiger partial charge in [-0.1, -0.05) is 29.8 Å². The van der Waals surface area contributed by atoms with E-state index in [1.54, 1.807) is 42.7 Å². The summed E-state index contributed by atoms with van der Waals surface area (Å²) in [6, 6.07) is 14.3. The first-order valence-electron chi connectivity index (χ1n) is 7.76. The summed E-state index contributed by atoms with van der Waals surface area (Å²) >= 11 is 6.13. The number of hydrogen-bond donors (Lipinski definition) is 2. The first kappa shape index (κ1) is 17.1. The molecule has 0 bridgehead atoms. The van der Waals surface area contributed by atoms with Gasteiger partial charge in [0.15, 0.2) is 0 Å². The molecule has 2 N–H and O–H groups in total. The van der Waals surface area contributed by atoms with Crippen molar-refractivity contribution in [2.75, 3.05) is 11.9 Å². The molecule has 25 heavy (non-hydrogen) atoms. The molecule has 5 nitrogen and oxygen atoms in total. The molecule has 0 aliphatic rings. The van der Waals surface area contributed by atoms with Crippen molar-refractivity contribution in [3.63, 3.8) is 0 Å². The van der Waals surface area contributed by atoms with E-state index in [4.69, 9.17) is 16.7 Å². The molecule has 0 saturated heterocycles. The Morgan fingerprint density at radius 3 is 2.64 bits per heavy atom. The summed E-state index contributed by atoms with van der Waals surface area (Å²) in [7, 11) is 0. The fourth-order valence-electron chi connectivity index (χ4n) is 2.43. The lowest BCUT2D eigenvalue weighted by Crippen LogP contribution is -2.15. The van der Waals surface area contributed by atoms with Gasteiger partial charge >= 0.3 is 0 Å². The molecule has 1 amide bonds. The third-order valence-electron chi connectivity index (χ3n) is 3.67. The van der Waals surface area contributed by atoms with Crippen LogP contribution in [0.4, 0.5) is 5.69 Å². The van der Waals surface area contributed by atoms with E-state index >= 15 is 0 Å². The van der Waals surface area contributed by atoms with Gasteiger partial charge in [0.25, 0.3) is 5.91 Å². The normalized spacial score (nSPS) is 10.5. The molecule has 0 atom stereocenters. The number of aromatic nitrogens is 2. The highest BCUT2D eigenvalue weighted by Crippen LogP contribution is 2.24. The number of carbonyl (C=O) groups is 1. The van der Waals surface area contributed by atoms with Gasteiger partial charge in [-0.2, -0.15) is 0 Å². The highest BCUT2D eigenvalue weighted by atomic mass is 35.5. The number of aliphatic hydroxyl groups excluding tert-OH is 1. The van der Waals surface area contributed by atoms with Crippen LogP contribution < -0.4 is 5.32 Å². The number of carbonyl (C=O) groups excluding carboxylic acids is 1. The third kappa shape index (κ3) is 4.02. The number of benzene rings is 1. The van der Waals surface area contributed by atoms with E-state index in [2.05, 4.69) is 15.3 Å². The molecular formula is C19H16ClN3O2. The molecule has 126 valence electrons. The van der Waals surface area contributed by atoms with Gasteiger partial charge in [0.1, 0.15) is 5.69 Å². The van der Waals surface area contributed by atoms with E-state index in [0.717, 1.165) is 11.1 Å². The maximum Gasteiger partial charge on any atom is 0.274 e. The van der Waals surface area contributed by atoms with Crippen LogP contribution >= 0.6 is 11.6 Å². The second-order valence-electron chi connectivity index (χ2n) is 5.35. The van der Waals surface area contributed by atoms with Gasteiger partial charge in [-0.05, 0) is 42.3 Å². The second-order valence-corrected chi connectivity index (χ2v) is 5.76. The standard InChI is InChI=1S/C19H16ClN3O2/c20-15-5-3-10-21-18(15)14-7-8-17(22-12-14)19(25)23-16-6-2-1-4-13(16)9-11-24/h1-8,10,12,24H,9,11H2,(H,23,25). The zero-order valence-electron chi connectivity index (χ0n) is 13.3. The molecule has 0 saturated carbocycles. The number of nitrogens with zero attached hydrogens (tertiary/aromatic N) is 2. The van der Waals surface area contributed by atoms with E-state index < -0.39 is 0 Å². The van der Waals surface area contributed by atoms with E-state index in [0.29, 0.717) is 22.8 Å². The summed E-state index contributed by atoms with van der Waals surface area (Å²) in [5.74, 6) is -0.316. The van der Waals surface area contributed by atoms with Crippen LogP contribution in [-0.4, -0.2) is 27.6 Å². The zero-order chi connectivity index (χ0) is 17.6. The minimum Gasteiger partial charge on any atom is -0.396 e. The monoisotopic (exact) mass is 353 g/mol. The van der Waals surface area contributed by atoms with E-state index in [1.807, 2.05) is 18.2 Å². The zero-order valence-corrected chi connectivity index (χ0v) is 14.1. The molecule has 3 aromatic rings. The molecule has 0 unspecified atom stereocenters. The van der Waals surface area contributed by atoms with Gasteiger partial charge in [0.2, 0.25) is 0 Å². The molecule has 0 aliphatic heterocycles. The lowest BCUT2D eigenvalue weighted by Gasteiger charge is -2.10. The molecule has 2 aromatic heterocycles. The number of rotatable bonds is 5. The summed E-state index contributed by atoms with van der Waals surface area (Å²) in [4.78, 5) is 20.8. The number of para-hydroxylation sites is 1. The molecule has 0 aliphatic carbocycles. The van der Waals surface area contributed by atoms with Crippen molar-refractivity contribution in [3.8, 4) is 11.3 Å². The average Bonchev–Trinajstić information content (AvgIpc) is 2.64. The third-order valence-corrected chi connectivity index (χ3v) is 3.98. The number of hydrogen-bond acceptors (Lipinski definition) is 4. The van der Waals surface area contributed by atoms with Crippen molar-refractivity contribution < 1.29 is 9.90 Å². The topological polar surface area (TPSA) is 75.1 Å². The summed E-state index contributed by atoms with van der Waals surface area (Å²) in [5.41, 5.74) is 3.18. The molecule has 2 heterocycles. The van der Waals surface area contributed by atoms with E-state index in [1.165, 1.54) is 0 Å². The lowest BCUT2D eigenvalue weighted by molar-refractivity contribution is 0.102. The van der Waals surface area contributed by atoms with Crippen LogP contribution in [0.5, 0.6) is 0 Å². The summed E-state index contributed by atoms with van der Waals surface area (Å²) < 4.78 is 0. The predicted octanol–water partition coefficient (Wildman–Crippen LogP) is 3.58. The molecule has 3 rings (SSSR count). The van der Waals surface area contributed by atoms with Crippen LogP contribution in [0.25, 0.3) is 11.3 Å². The Hall–Kier alpha value is -2.76. The van der Waals surface area contributed by atoms with Gasteiger partial charge in [0.05, 0.1) is 10.7 Å². The summed E-state index contributed by atoms with van der Waals surface area (Å²) in [6.07, 6.45) is 3.70. The number of pyridine rings is 2. The lowest BCUT2D eigenvalue weighted by atomic mass is 10.1. The number of halogens is 1. The van der Waals surface area contributed by atoms with Crippen LogP contribution in [0, 0.1) is 0 Å². The fraction of sp³-hybridized carbons (Fsp3) is 0.105. The maximum absolute atomic E-state index is 12.4. The van der Waals surface area contributed by atoms with E-state index in [9.17, 15) is 4.79 Å². The Balaban J connectivity index is 1.79. The Morgan fingerprint density at radius 1 is 1.08 bits per heavy atom. The quantitative estimate of drug-likeness (QED) is 0.735. The van der Waals surface area contributed by atoms with Crippen LogP contribution in [0.2, 0.25) is 5.02 Å². The largest absolute Gasteiger partial charge is 0.396 e. The van der Waals surface area contributed by atoms with Crippen LogP contribution in [0.1, 0.15) is 16.1 Å². The Labute approximate surface area is 150 Å². The molecule has 0 spiro atoms. The molecule has 1 aromatic carbocycles. The van der Waals surface area contributed by atoms with Crippen molar-refractivity contribution in [2.45, 2.75) is 6.42 Å². The van der Waals surface area contributed by atoms with Crippen LogP contribution in [0.15, 0.2) is 60.9 Å². The van der Waals surface area contributed by atoms with Crippen LogP contribution in [-0.2, 0) is 6.42 Å². The minimum atomic E-state index is -0.316. The van der Waals surface area contributed by atoms with Crippen LogP contribution in [0.3, 0.4) is 0 Å². The number of anilines is 1. The molecule has 0 radical (unpaired) electrons. The number of aliphatic hydroxyl groups is 1. The van der Waals surface area contributed by atoms with Gasteiger partial charge < -0.3 is 10.4 Å². The number of amides is 1. The Morgan fingerprint density at radius 2 is 1.92 bits per heavy atom. The first-order chi connectivity index (χ1) is 12.2. The van der Waals surface area contributed by atoms with Crippen molar-refractivity contribution in [1.82, 2.24) is 9.97 Å². The highest BCUT2D eigenvalue weighted by molar-refractivity contribution is 6.33. The second kappa shape index (κ2) is 7.88. The van der Waals surface area contributed by atoms with Crippen molar-refractivity contribution in [1.29, 1.82) is 0 Å². The highest BCUT2D eigenvalue weighted by Gasteiger charge is 2.11. The summed E-state index contributed by atoms with van der Waals surface area (Å²) in [6.45, 7) is 0.0185. The van der Waals surface area contributed by atoms with Gasteiger partial charge in [0, 0.05) is 30.3 Å². The van der Waals surface area contributed by atoms with Gasteiger partial charge in [-0.3, -0.25) is 14.8 Å². The van der Waals surface area contributed by atoms with Crippen molar-refractivity contribution in [2.24, 2.45) is 0 Å². The Bertz CT molecular complexity index is 882. The smallest absolute Gasteiger partial charge is 0.274 e. The molecule has 6 heteroatoms. The van der Waals surface area contributed by atoms with Crippen molar-refractivity contribution >= 4 is 23.2 Å². The fourth-order valence-corrected chi connectivity index (χ4v) is 2.66. The van der Waals surface area contributed by atoms with Gasteiger partial charge in [-0.15, -0.1) is 0 Å². The molecule has 0 fully saturated rings. The van der Waals surface area contributed by atoms with E-state index in [-0.39, 0.29) is 18.2 Å². The minimum absolute atomic E-state index is 0.0185. The predicted molar refractivity (Wildman–Crippen MR) is 97.7 cm³/mol. The SMILES string of the molecule is O=C(Nc1ccccc1CCO)c1ccc(-c2ncccc2Cl)cn1. The maximum atomic E-state index is 12.4. The summed E-state index contributed by atoms with van der Waals surface area (Å²) in [5, 5.41) is 12.5. The first-order valence-corrected chi connectivity index (χ1v) is 8.14.